The van der Waals surface area contributed by atoms with E-state index in [2.05, 4.69) is 6.92 Å². The van der Waals surface area contributed by atoms with Gasteiger partial charge < -0.3 is 5.73 Å². The number of hydrogen-bond donors (Lipinski definition) is 1. The highest BCUT2D eigenvalue weighted by molar-refractivity contribution is 6.97. The Bertz CT molecular complexity index is 289. The van der Waals surface area contributed by atoms with E-state index in [1.54, 1.807) is 7.17 Å². The van der Waals surface area contributed by atoms with Gasteiger partial charge in [-0.3, -0.25) is 0 Å². The average molecular weight is 210 g/mol. The van der Waals surface area contributed by atoms with Gasteiger partial charge in [0.15, 0.2) is 0 Å². The molecule has 5 radical (unpaired) electrons. The molecule has 81 valence electrons. The van der Waals surface area contributed by atoms with E-state index < -0.39 is 0 Å². The van der Waals surface area contributed by atoms with Gasteiger partial charge in [0.25, 0.3) is 0 Å². The van der Waals surface area contributed by atoms with Crippen molar-refractivity contribution < 1.29 is 0 Å². The highest BCUT2D eigenvalue weighted by atomic mass is 14.6. The molecule has 1 aromatic rings. The second-order valence-corrected chi connectivity index (χ2v) is 3.39. The van der Waals surface area contributed by atoms with Crippen LogP contribution in [-0.4, -0.2) is 28.7 Å². The third-order valence-electron chi connectivity index (χ3n) is 2.48. The summed E-state index contributed by atoms with van der Waals surface area (Å²) in [5.41, 5.74) is 7.87. The zero-order valence-electron chi connectivity index (χ0n) is 10.5. The summed E-state index contributed by atoms with van der Waals surface area (Å²) < 4.78 is 0. The molecule has 1 aromatic carbocycles. The Morgan fingerprint density at radius 1 is 1.31 bits per heavy atom. The summed E-state index contributed by atoms with van der Waals surface area (Å²) in [5.74, 6) is -0.160. The van der Waals surface area contributed by atoms with E-state index >= 15 is 0 Å². The van der Waals surface area contributed by atoms with Crippen LogP contribution >= 0.6 is 0 Å². The lowest BCUT2D eigenvalue weighted by Crippen LogP contribution is -2.33. The monoisotopic (exact) mass is 210 g/mol. The van der Waals surface area contributed by atoms with Crippen molar-refractivity contribution in [2.24, 2.45) is 5.73 Å². The molecular formula is C12H19B3N. The molecule has 16 heavy (non-hydrogen) atoms. The molecule has 1 rings (SSSR count). The fourth-order valence-corrected chi connectivity index (χ4v) is 1.70. The first-order chi connectivity index (χ1) is 7.70. The van der Waals surface area contributed by atoms with Crippen LogP contribution in [0.15, 0.2) is 24.3 Å². The van der Waals surface area contributed by atoms with Crippen LogP contribution in [0.25, 0.3) is 0 Å². The highest BCUT2D eigenvalue weighted by Gasteiger charge is 2.15. The fourth-order valence-electron chi connectivity index (χ4n) is 1.70. The molecule has 0 saturated heterocycles. The van der Waals surface area contributed by atoms with Crippen LogP contribution in [0.1, 0.15) is 38.7 Å². The molecule has 0 aliphatic carbocycles. The molecule has 0 bridgehead atoms. The molecule has 0 fully saturated rings. The smallest absolute Gasteiger partial charge is 0.0960 e. The van der Waals surface area contributed by atoms with Gasteiger partial charge in [-0.25, -0.2) is 0 Å². The summed E-state index contributed by atoms with van der Waals surface area (Å²) in [4.78, 5) is 0. The van der Waals surface area contributed by atoms with Gasteiger partial charge in [0.1, 0.15) is 0 Å². The van der Waals surface area contributed by atoms with Gasteiger partial charge in [-0.2, -0.15) is 0 Å². The summed E-state index contributed by atoms with van der Waals surface area (Å²) in [6.07, 6.45) is 0.919. The van der Waals surface area contributed by atoms with Crippen molar-refractivity contribution in [3.8, 4) is 0 Å². The van der Waals surface area contributed by atoms with Gasteiger partial charge in [-0.15, -0.1) is 0 Å². The van der Waals surface area contributed by atoms with Crippen LogP contribution < -0.4 is 11.2 Å². The molecular weight excluding hydrogens is 191 g/mol. The Hall–Kier alpha value is -0.625. The van der Waals surface area contributed by atoms with Crippen molar-refractivity contribution in [1.82, 2.24) is 0 Å². The van der Waals surface area contributed by atoms with Crippen LogP contribution in [0.2, 0.25) is 0 Å². The third kappa shape index (κ3) is 4.09. The molecule has 2 unspecified atom stereocenters. The molecule has 0 spiro atoms. The summed E-state index contributed by atoms with van der Waals surface area (Å²) in [7, 11) is 12.9. The van der Waals surface area contributed by atoms with Gasteiger partial charge in [0.05, 0.1) is 15.0 Å². The van der Waals surface area contributed by atoms with Gasteiger partial charge >= 0.3 is 0 Å². The number of benzene rings is 1. The van der Waals surface area contributed by atoms with E-state index in [-0.39, 0.29) is 11.9 Å². The fraction of sp³-hybridized carbons (Fsp3) is 0.500. The quantitative estimate of drug-likeness (QED) is 0.738. The van der Waals surface area contributed by atoms with Gasteiger partial charge in [-0.05, 0) is 18.3 Å². The van der Waals surface area contributed by atoms with Crippen LogP contribution in [0.3, 0.4) is 0 Å². The molecule has 0 aromatic heterocycles. The van der Waals surface area contributed by atoms with Crippen molar-refractivity contribution in [1.29, 1.82) is 0 Å². The van der Waals surface area contributed by atoms with Gasteiger partial charge in [0, 0.05) is 7.74 Å². The standard InChI is InChI=1S/C10H13B3N.C2H6/c1-2-7(10(11)14)8-5-3-4-6-9(8)13-12;1-2/h3-7,10H,2,14H2,1H3;1-2H3. The SMILES string of the molecule is CC.[B][B]c1ccccc1C(CC)C([B])N. The summed E-state index contributed by atoms with van der Waals surface area (Å²) in [5, 5.41) is 0. The van der Waals surface area contributed by atoms with Crippen LogP contribution in [0.4, 0.5) is 0 Å². The number of nitrogens with two attached hydrogens (primary N) is 1. The maximum Gasteiger partial charge on any atom is 0.0960 e. The van der Waals surface area contributed by atoms with E-state index in [1.807, 2.05) is 38.1 Å². The predicted octanol–water partition coefficient (Wildman–Crippen LogP) is 1.07. The largest absolute Gasteiger partial charge is 0.335 e. The second-order valence-electron chi connectivity index (χ2n) is 3.39. The van der Waals surface area contributed by atoms with E-state index in [0.29, 0.717) is 0 Å². The van der Waals surface area contributed by atoms with Crippen molar-refractivity contribution in [3.63, 3.8) is 0 Å². The van der Waals surface area contributed by atoms with E-state index in [0.717, 1.165) is 17.4 Å². The average Bonchev–Trinajstić information content (AvgIpc) is 2.33. The van der Waals surface area contributed by atoms with Crippen LogP contribution in [0.5, 0.6) is 0 Å². The molecule has 2 N–H and O–H groups in total. The van der Waals surface area contributed by atoms with Crippen molar-refractivity contribution in [3.05, 3.63) is 29.8 Å². The van der Waals surface area contributed by atoms with Crippen molar-refractivity contribution in [2.45, 2.75) is 39.1 Å². The minimum atomic E-state index is -0.332. The molecule has 0 saturated carbocycles. The molecule has 0 aliphatic rings. The minimum Gasteiger partial charge on any atom is -0.335 e. The molecule has 0 amide bonds. The van der Waals surface area contributed by atoms with Gasteiger partial charge in [0.2, 0.25) is 0 Å². The Balaban J connectivity index is 0.00000106. The molecule has 4 heteroatoms. The number of rotatable bonds is 4. The van der Waals surface area contributed by atoms with Crippen LogP contribution in [-0.2, 0) is 0 Å². The molecule has 0 heterocycles. The normalized spacial score (nSPS) is 13.2. The van der Waals surface area contributed by atoms with E-state index in [9.17, 15) is 0 Å². The second kappa shape index (κ2) is 8.52. The zero-order chi connectivity index (χ0) is 12.6. The van der Waals surface area contributed by atoms with E-state index in [1.165, 1.54) is 0 Å². The van der Waals surface area contributed by atoms with Crippen molar-refractivity contribution >= 4 is 28.2 Å². The predicted molar refractivity (Wildman–Crippen MR) is 75.7 cm³/mol. The van der Waals surface area contributed by atoms with Crippen LogP contribution in [0, 0.1) is 0 Å². The number of hydrogen-bond acceptors (Lipinski definition) is 1. The Morgan fingerprint density at radius 3 is 2.31 bits per heavy atom. The topological polar surface area (TPSA) is 26.0 Å². The zero-order valence-corrected chi connectivity index (χ0v) is 10.5. The first kappa shape index (κ1) is 15.4. The molecule has 1 nitrogen and oxygen atoms in total. The highest BCUT2D eigenvalue weighted by Crippen LogP contribution is 2.18. The van der Waals surface area contributed by atoms with Crippen molar-refractivity contribution in [2.75, 3.05) is 0 Å². The lowest BCUT2D eigenvalue weighted by Gasteiger charge is -2.22. The molecule has 2 atom stereocenters. The summed E-state index contributed by atoms with van der Waals surface area (Å²) >= 11 is 0. The van der Waals surface area contributed by atoms with Gasteiger partial charge in [-0.1, -0.05) is 56.1 Å². The summed E-state index contributed by atoms with van der Waals surface area (Å²) in [6, 6.07) is 7.93. The lowest BCUT2D eigenvalue weighted by atomic mass is 9.49. The first-order valence-electron chi connectivity index (χ1n) is 5.85. The first-order valence-corrected chi connectivity index (χ1v) is 5.85. The molecule has 0 aliphatic heterocycles. The summed E-state index contributed by atoms with van der Waals surface area (Å²) in [6.45, 7) is 6.07. The maximum atomic E-state index is 5.73. The Kier molecular flexibility index (Phi) is 8.19. The Morgan fingerprint density at radius 2 is 1.88 bits per heavy atom. The lowest BCUT2D eigenvalue weighted by molar-refractivity contribution is 0.635. The maximum absolute atomic E-state index is 5.73. The minimum absolute atomic E-state index is 0.172. The Labute approximate surface area is 103 Å². The third-order valence-corrected chi connectivity index (χ3v) is 2.48. The van der Waals surface area contributed by atoms with E-state index in [4.69, 9.17) is 21.3 Å².